The molecule has 0 bridgehead atoms. The normalized spacial score (nSPS) is 10.7. The van der Waals surface area contributed by atoms with Crippen molar-refractivity contribution in [2.45, 2.75) is 27.2 Å². The summed E-state index contributed by atoms with van der Waals surface area (Å²) in [5.41, 5.74) is 4.97. The van der Waals surface area contributed by atoms with E-state index in [2.05, 4.69) is 5.10 Å². The zero-order valence-corrected chi connectivity index (χ0v) is 17.0. The first-order valence-electron chi connectivity index (χ1n) is 9.50. The Bertz CT molecular complexity index is 948. The molecule has 1 amide bonds. The van der Waals surface area contributed by atoms with E-state index in [1.54, 1.807) is 4.90 Å². The topological polar surface area (TPSA) is 47.4 Å². The summed E-state index contributed by atoms with van der Waals surface area (Å²) >= 11 is 0. The van der Waals surface area contributed by atoms with Crippen LogP contribution < -0.4 is 4.74 Å². The van der Waals surface area contributed by atoms with Gasteiger partial charge in [0.25, 0.3) is 0 Å². The molecular weight excluding hydrogens is 350 g/mol. The van der Waals surface area contributed by atoms with Crippen molar-refractivity contribution in [1.82, 2.24) is 14.7 Å². The Kier molecular flexibility index (Phi) is 6.14. The highest BCUT2D eigenvalue weighted by Crippen LogP contribution is 2.19. The van der Waals surface area contributed by atoms with E-state index in [0.29, 0.717) is 19.6 Å². The van der Waals surface area contributed by atoms with E-state index in [-0.39, 0.29) is 5.91 Å². The first-order valence-corrected chi connectivity index (χ1v) is 9.50. The highest BCUT2D eigenvalue weighted by Gasteiger charge is 2.18. The van der Waals surface area contributed by atoms with Crippen LogP contribution in [-0.2, 0) is 11.2 Å². The third-order valence-corrected chi connectivity index (χ3v) is 4.97. The van der Waals surface area contributed by atoms with Crippen molar-refractivity contribution in [2.75, 3.05) is 20.2 Å². The lowest BCUT2D eigenvalue weighted by atomic mass is 10.1. The summed E-state index contributed by atoms with van der Waals surface area (Å²) < 4.78 is 7.71. The number of amides is 1. The average molecular weight is 377 g/mol. The summed E-state index contributed by atoms with van der Waals surface area (Å²) in [7, 11) is 1.82. The number of rotatable bonds is 7. The molecule has 3 aromatic rings. The quantitative estimate of drug-likeness (QED) is 0.628. The minimum absolute atomic E-state index is 0.0622. The van der Waals surface area contributed by atoms with Crippen molar-refractivity contribution < 1.29 is 9.53 Å². The Hall–Kier alpha value is -3.08. The maximum absolute atomic E-state index is 12.7. The van der Waals surface area contributed by atoms with Gasteiger partial charge in [-0.2, -0.15) is 5.10 Å². The molecule has 5 nitrogen and oxygen atoms in total. The summed E-state index contributed by atoms with van der Waals surface area (Å²) in [6, 6.07) is 17.9. The van der Waals surface area contributed by atoms with Crippen LogP contribution in [-0.4, -0.2) is 40.8 Å². The lowest BCUT2D eigenvalue weighted by Crippen LogP contribution is -2.32. The molecule has 5 heteroatoms. The molecule has 0 radical (unpaired) electrons. The summed E-state index contributed by atoms with van der Waals surface area (Å²) in [5, 5.41) is 4.63. The molecule has 0 saturated heterocycles. The van der Waals surface area contributed by atoms with Crippen molar-refractivity contribution >= 4 is 5.91 Å². The standard InChI is InChI=1S/C23H27N3O2/c1-17-10-8-9-13-22(17)28-15-14-25(4)23(27)16-21-18(2)24-26(19(21)3)20-11-6-5-7-12-20/h5-13H,14-16H2,1-4H3. The lowest BCUT2D eigenvalue weighted by molar-refractivity contribution is -0.129. The van der Waals surface area contributed by atoms with E-state index in [9.17, 15) is 4.79 Å². The third-order valence-electron chi connectivity index (χ3n) is 4.97. The molecule has 0 N–H and O–H groups in total. The SMILES string of the molecule is Cc1ccccc1OCCN(C)C(=O)Cc1c(C)nn(-c2ccccc2)c1C. The fourth-order valence-corrected chi connectivity index (χ4v) is 3.17. The minimum atomic E-state index is 0.0622. The van der Waals surface area contributed by atoms with Crippen LogP contribution in [0.2, 0.25) is 0 Å². The molecule has 3 rings (SSSR count). The highest BCUT2D eigenvalue weighted by molar-refractivity contribution is 5.79. The van der Waals surface area contributed by atoms with E-state index in [0.717, 1.165) is 34.0 Å². The predicted molar refractivity (Wildman–Crippen MR) is 111 cm³/mol. The Labute approximate surface area is 166 Å². The molecule has 0 unspecified atom stereocenters. The molecule has 0 fully saturated rings. The number of carbonyl (C=O) groups is 1. The first-order chi connectivity index (χ1) is 13.5. The fraction of sp³-hybridized carbons (Fsp3) is 0.304. The van der Waals surface area contributed by atoms with Crippen LogP contribution in [0.1, 0.15) is 22.5 Å². The van der Waals surface area contributed by atoms with Gasteiger partial charge >= 0.3 is 0 Å². The number of nitrogens with zero attached hydrogens (tertiary/aromatic N) is 3. The van der Waals surface area contributed by atoms with Crippen LogP contribution in [0.15, 0.2) is 54.6 Å². The Morgan fingerprint density at radius 2 is 1.71 bits per heavy atom. The van der Waals surface area contributed by atoms with E-state index in [1.165, 1.54) is 0 Å². The van der Waals surface area contributed by atoms with Crippen LogP contribution >= 0.6 is 0 Å². The molecule has 1 aromatic heterocycles. The van der Waals surface area contributed by atoms with Gasteiger partial charge in [0.1, 0.15) is 12.4 Å². The number of para-hydroxylation sites is 2. The van der Waals surface area contributed by atoms with Crippen LogP contribution in [0.4, 0.5) is 0 Å². The largest absolute Gasteiger partial charge is 0.491 e. The van der Waals surface area contributed by atoms with Gasteiger partial charge in [0, 0.05) is 18.3 Å². The molecule has 0 aliphatic carbocycles. The van der Waals surface area contributed by atoms with Gasteiger partial charge in [0.2, 0.25) is 5.91 Å². The van der Waals surface area contributed by atoms with Crippen LogP contribution in [0.25, 0.3) is 5.69 Å². The summed E-state index contributed by atoms with van der Waals surface area (Å²) in [6.07, 6.45) is 0.339. The highest BCUT2D eigenvalue weighted by atomic mass is 16.5. The maximum atomic E-state index is 12.7. The number of aryl methyl sites for hydroxylation is 2. The summed E-state index contributed by atoms with van der Waals surface area (Å²) in [5.74, 6) is 0.923. The lowest BCUT2D eigenvalue weighted by Gasteiger charge is -2.18. The summed E-state index contributed by atoms with van der Waals surface area (Å²) in [4.78, 5) is 14.4. The second-order valence-electron chi connectivity index (χ2n) is 7.00. The van der Waals surface area contributed by atoms with Crippen molar-refractivity contribution in [2.24, 2.45) is 0 Å². The van der Waals surface area contributed by atoms with Gasteiger partial charge in [0.15, 0.2) is 0 Å². The van der Waals surface area contributed by atoms with Crippen LogP contribution in [0, 0.1) is 20.8 Å². The van der Waals surface area contributed by atoms with Gasteiger partial charge < -0.3 is 9.64 Å². The van der Waals surface area contributed by atoms with E-state index < -0.39 is 0 Å². The number of likely N-dealkylation sites (N-methyl/N-ethyl adjacent to an activating group) is 1. The van der Waals surface area contributed by atoms with Crippen molar-refractivity contribution in [3.63, 3.8) is 0 Å². The molecule has 0 aliphatic rings. The van der Waals surface area contributed by atoms with E-state index in [1.807, 2.05) is 87.1 Å². The minimum Gasteiger partial charge on any atom is -0.491 e. The Morgan fingerprint density at radius 3 is 2.43 bits per heavy atom. The number of benzene rings is 2. The number of hydrogen-bond donors (Lipinski definition) is 0. The molecule has 2 aromatic carbocycles. The molecule has 0 aliphatic heterocycles. The zero-order chi connectivity index (χ0) is 20.1. The molecule has 146 valence electrons. The van der Waals surface area contributed by atoms with Crippen LogP contribution in [0.3, 0.4) is 0 Å². The first kappa shape index (κ1) is 19.7. The Balaban J connectivity index is 1.61. The molecular formula is C23H27N3O2. The number of ether oxygens (including phenoxy) is 1. The molecule has 0 atom stereocenters. The van der Waals surface area contributed by atoms with Gasteiger partial charge in [-0.3, -0.25) is 4.79 Å². The Morgan fingerprint density at radius 1 is 1.04 bits per heavy atom. The predicted octanol–water partition coefficient (Wildman–Crippen LogP) is 3.88. The van der Waals surface area contributed by atoms with Gasteiger partial charge in [-0.15, -0.1) is 0 Å². The third kappa shape index (κ3) is 4.42. The average Bonchev–Trinajstić information content (AvgIpc) is 2.98. The number of hydrogen-bond acceptors (Lipinski definition) is 3. The fourth-order valence-electron chi connectivity index (χ4n) is 3.17. The smallest absolute Gasteiger partial charge is 0.226 e. The van der Waals surface area contributed by atoms with Gasteiger partial charge in [-0.1, -0.05) is 36.4 Å². The van der Waals surface area contributed by atoms with E-state index >= 15 is 0 Å². The van der Waals surface area contributed by atoms with Gasteiger partial charge in [-0.25, -0.2) is 4.68 Å². The monoisotopic (exact) mass is 377 g/mol. The molecule has 28 heavy (non-hydrogen) atoms. The molecule has 0 saturated carbocycles. The van der Waals surface area contributed by atoms with Crippen molar-refractivity contribution in [3.05, 3.63) is 77.1 Å². The van der Waals surface area contributed by atoms with E-state index in [4.69, 9.17) is 4.74 Å². The number of carbonyl (C=O) groups excluding carboxylic acids is 1. The summed E-state index contributed by atoms with van der Waals surface area (Å²) in [6.45, 7) is 6.99. The number of aromatic nitrogens is 2. The molecule has 0 spiro atoms. The zero-order valence-electron chi connectivity index (χ0n) is 17.0. The van der Waals surface area contributed by atoms with Gasteiger partial charge in [0.05, 0.1) is 24.3 Å². The second-order valence-corrected chi connectivity index (χ2v) is 7.00. The maximum Gasteiger partial charge on any atom is 0.226 e. The van der Waals surface area contributed by atoms with Crippen molar-refractivity contribution in [3.8, 4) is 11.4 Å². The molecule has 1 heterocycles. The van der Waals surface area contributed by atoms with Crippen LogP contribution in [0.5, 0.6) is 5.75 Å². The van der Waals surface area contributed by atoms with Gasteiger partial charge in [-0.05, 0) is 44.5 Å². The second kappa shape index (κ2) is 8.74. The van der Waals surface area contributed by atoms with Crippen molar-refractivity contribution in [1.29, 1.82) is 0 Å².